The van der Waals surface area contributed by atoms with Crippen molar-refractivity contribution in [2.45, 2.75) is 6.54 Å². The van der Waals surface area contributed by atoms with Gasteiger partial charge in [0.05, 0.1) is 11.9 Å². The molecule has 0 aliphatic heterocycles. The monoisotopic (exact) mass is 262 g/mol. The van der Waals surface area contributed by atoms with Crippen LogP contribution in [0.5, 0.6) is 0 Å². The Hall–Kier alpha value is -2.22. The Morgan fingerprint density at radius 3 is 3.11 bits per heavy atom. The molecule has 7 nitrogen and oxygen atoms in total. The second-order valence-corrected chi connectivity index (χ2v) is 4.38. The quantitative estimate of drug-likeness (QED) is 0.740. The van der Waals surface area contributed by atoms with Gasteiger partial charge in [0.25, 0.3) is 0 Å². The molecule has 8 heteroatoms. The molecule has 2 N–H and O–H groups in total. The number of hydrogen-bond acceptors (Lipinski definition) is 8. The summed E-state index contributed by atoms with van der Waals surface area (Å²) in [6.45, 7) is 0.460. The highest BCUT2D eigenvalue weighted by molar-refractivity contribution is 7.16. The average molecular weight is 262 g/mol. The van der Waals surface area contributed by atoms with Crippen LogP contribution in [0, 0.1) is 0 Å². The van der Waals surface area contributed by atoms with Gasteiger partial charge in [-0.2, -0.15) is 9.97 Å². The molecule has 0 spiro atoms. The molecule has 0 atom stereocenters. The summed E-state index contributed by atoms with van der Waals surface area (Å²) >= 11 is 1.57. The molecule has 0 amide bonds. The predicted octanol–water partition coefficient (Wildman–Crippen LogP) is 1.73. The molecule has 0 bridgehead atoms. The molecule has 0 radical (unpaired) electrons. The summed E-state index contributed by atoms with van der Waals surface area (Å²) in [4.78, 5) is 13.6. The van der Waals surface area contributed by atoms with E-state index in [1.165, 1.54) is 6.39 Å². The van der Waals surface area contributed by atoms with E-state index in [1.54, 1.807) is 18.4 Å². The van der Waals surface area contributed by atoms with E-state index < -0.39 is 0 Å². The summed E-state index contributed by atoms with van der Waals surface area (Å²) in [6.07, 6.45) is 1.30. The Morgan fingerprint density at radius 2 is 2.33 bits per heavy atom. The molecule has 0 fully saturated rings. The van der Waals surface area contributed by atoms with Crippen LogP contribution in [0.2, 0.25) is 0 Å². The number of thiophene rings is 1. The highest BCUT2D eigenvalue weighted by Gasteiger charge is 2.08. The maximum Gasteiger partial charge on any atom is 0.225 e. The zero-order chi connectivity index (χ0) is 12.4. The van der Waals surface area contributed by atoms with Gasteiger partial charge in [-0.05, 0) is 11.4 Å². The van der Waals surface area contributed by atoms with E-state index in [1.807, 2.05) is 11.4 Å². The lowest BCUT2D eigenvalue weighted by atomic mass is 10.4. The molecule has 0 aromatic carbocycles. The van der Waals surface area contributed by atoms with Crippen molar-refractivity contribution in [3.8, 4) is 0 Å². The molecule has 3 aromatic rings. The van der Waals surface area contributed by atoms with Crippen LogP contribution < -0.4 is 10.6 Å². The number of hydrogen-bond donors (Lipinski definition) is 2. The van der Waals surface area contributed by atoms with Gasteiger partial charge in [0.15, 0.2) is 5.82 Å². The summed E-state index contributed by atoms with van der Waals surface area (Å²) in [5, 5.41) is 12.8. The maximum atomic E-state index is 4.68. The van der Waals surface area contributed by atoms with Gasteiger partial charge in [0, 0.05) is 7.05 Å². The van der Waals surface area contributed by atoms with E-state index in [2.05, 4.69) is 35.3 Å². The summed E-state index contributed by atoms with van der Waals surface area (Å²) in [6, 6.07) is 1.98. The van der Waals surface area contributed by atoms with Gasteiger partial charge >= 0.3 is 0 Å². The Morgan fingerprint density at radius 1 is 1.39 bits per heavy atom. The van der Waals surface area contributed by atoms with E-state index in [0.29, 0.717) is 18.3 Å². The first-order valence-corrected chi connectivity index (χ1v) is 6.17. The highest BCUT2D eigenvalue weighted by Crippen LogP contribution is 2.26. The molecule has 3 heterocycles. The smallest absolute Gasteiger partial charge is 0.225 e. The number of fused-ring (bicyclic) bond motifs is 1. The zero-order valence-corrected chi connectivity index (χ0v) is 10.4. The van der Waals surface area contributed by atoms with Crippen LogP contribution in [-0.2, 0) is 6.54 Å². The van der Waals surface area contributed by atoms with Gasteiger partial charge in [-0.3, -0.25) is 0 Å². The number of rotatable bonds is 4. The SMILES string of the molecule is CNc1nc(NCc2ncon2)c2ccsc2n1. The van der Waals surface area contributed by atoms with Gasteiger partial charge in [0.1, 0.15) is 10.6 Å². The van der Waals surface area contributed by atoms with Crippen LogP contribution in [0.25, 0.3) is 10.2 Å². The predicted molar refractivity (Wildman–Crippen MR) is 68.6 cm³/mol. The molecule has 3 aromatic heterocycles. The molecule has 0 aliphatic carbocycles. The van der Waals surface area contributed by atoms with Crippen molar-refractivity contribution in [3.05, 3.63) is 23.7 Å². The van der Waals surface area contributed by atoms with Crippen molar-refractivity contribution in [3.63, 3.8) is 0 Å². The van der Waals surface area contributed by atoms with E-state index in [0.717, 1.165) is 16.0 Å². The van der Waals surface area contributed by atoms with Crippen molar-refractivity contribution in [1.82, 2.24) is 20.1 Å². The molecule has 3 rings (SSSR count). The minimum atomic E-state index is 0.460. The molecule has 0 aliphatic rings. The first-order chi connectivity index (χ1) is 8.86. The Kier molecular flexibility index (Phi) is 2.77. The number of anilines is 2. The standard InChI is InChI=1S/C10H10N6OS/c1-11-10-14-8(6-2-3-18-9(6)15-10)12-4-7-13-5-17-16-7/h2-3,5H,4H2,1H3,(H2,11,12,14,15). The molecule has 0 saturated carbocycles. The Balaban J connectivity index is 1.92. The largest absolute Gasteiger partial charge is 0.362 e. The van der Waals surface area contributed by atoms with Gasteiger partial charge < -0.3 is 15.2 Å². The minimum Gasteiger partial charge on any atom is -0.362 e. The summed E-state index contributed by atoms with van der Waals surface area (Å²) in [5.74, 6) is 1.93. The summed E-state index contributed by atoms with van der Waals surface area (Å²) < 4.78 is 4.68. The lowest BCUT2D eigenvalue weighted by Crippen LogP contribution is -2.05. The normalized spacial score (nSPS) is 10.7. The lowest BCUT2D eigenvalue weighted by Gasteiger charge is -2.06. The van der Waals surface area contributed by atoms with Crippen molar-refractivity contribution in [2.24, 2.45) is 0 Å². The zero-order valence-electron chi connectivity index (χ0n) is 9.54. The molecule has 0 saturated heterocycles. The molecule has 18 heavy (non-hydrogen) atoms. The summed E-state index contributed by atoms with van der Waals surface area (Å²) in [5.41, 5.74) is 0. The topological polar surface area (TPSA) is 88.8 Å². The molecular weight excluding hydrogens is 252 g/mol. The van der Waals surface area contributed by atoms with Crippen molar-refractivity contribution in [2.75, 3.05) is 17.7 Å². The fourth-order valence-electron chi connectivity index (χ4n) is 1.54. The van der Waals surface area contributed by atoms with Gasteiger partial charge in [0.2, 0.25) is 12.3 Å². The lowest BCUT2D eigenvalue weighted by molar-refractivity contribution is 0.411. The second kappa shape index (κ2) is 4.57. The maximum absolute atomic E-state index is 4.68. The number of aromatic nitrogens is 4. The molecule has 92 valence electrons. The van der Waals surface area contributed by atoms with Crippen LogP contribution in [0.15, 0.2) is 22.4 Å². The number of nitrogens with zero attached hydrogens (tertiary/aromatic N) is 4. The van der Waals surface area contributed by atoms with Crippen molar-refractivity contribution < 1.29 is 4.52 Å². The third kappa shape index (κ3) is 1.97. The Bertz CT molecular complexity index is 649. The average Bonchev–Trinajstić information content (AvgIpc) is 3.06. The van der Waals surface area contributed by atoms with Crippen LogP contribution in [-0.4, -0.2) is 27.2 Å². The van der Waals surface area contributed by atoms with E-state index in [9.17, 15) is 0 Å². The van der Waals surface area contributed by atoms with Gasteiger partial charge in [-0.15, -0.1) is 11.3 Å². The van der Waals surface area contributed by atoms with E-state index in [4.69, 9.17) is 0 Å². The molecular formula is C10H10N6OS. The molecule has 0 unspecified atom stereocenters. The van der Waals surface area contributed by atoms with Crippen LogP contribution >= 0.6 is 11.3 Å². The number of nitrogens with one attached hydrogen (secondary N) is 2. The van der Waals surface area contributed by atoms with Gasteiger partial charge in [-0.25, -0.2) is 4.98 Å². The van der Waals surface area contributed by atoms with Crippen LogP contribution in [0.3, 0.4) is 0 Å². The van der Waals surface area contributed by atoms with Crippen molar-refractivity contribution in [1.29, 1.82) is 0 Å². The minimum absolute atomic E-state index is 0.460. The fraction of sp³-hybridized carbons (Fsp3) is 0.200. The van der Waals surface area contributed by atoms with E-state index >= 15 is 0 Å². The van der Waals surface area contributed by atoms with Crippen molar-refractivity contribution >= 4 is 33.3 Å². The van der Waals surface area contributed by atoms with Crippen LogP contribution in [0.4, 0.5) is 11.8 Å². The fourth-order valence-corrected chi connectivity index (χ4v) is 2.30. The van der Waals surface area contributed by atoms with Gasteiger partial charge in [-0.1, -0.05) is 5.16 Å². The third-order valence-corrected chi connectivity index (χ3v) is 3.18. The Labute approximate surface area is 106 Å². The van der Waals surface area contributed by atoms with E-state index in [-0.39, 0.29) is 0 Å². The first-order valence-electron chi connectivity index (χ1n) is 5.29. The highest BCUT2D eigenvalue weighted by atomic mass is 32.1. The van der Waals surface area contributed by atoms with Crippen LogP contribution in [0.1, 0.15) is 5.82 Å². The third-order valence-electron chi connectivity index (χ3n) is 2.37. The first kappa shape index (κ1) is 10.9. The summed E-state index contributed by atoms with van der Waals surface area (Å²) in [7, 11) is 1.79. The second-order valence-electron chi connectivity index (χ2n) is 3.49.